The van der Waals surface area contributed by atoms with Crippen LogP contribution in [0.25, 0.3) is 32.3 Å². The van der Waals surface area contributed by atoms with Gasteiger partial charge in [0, 0.05) is 0 Å². The van der Waals surface area contributed by atoms with Crippen molar-refractivity contribution in [3.63, 3.8) is 0 Å². The van der Waals surface area contributed by atoms with E-state index in [1.165, 1.54) is 21.5 Å². The van der Waals surface area contributed by atoms with Crippen LogP contribution in [0, 0.1) is 0 Å². The maximum atomic E-state index is 8.77. The highest BCUT2D eigenvalue weighted by atomic mass is 16.5. The molecule has 0 aliphatic heterocycles. The fourth-order valence-electron chi connectivity index (χ4n) is 2.85. The number of rotatable bonds is 2. The molecule has 4 rings (SSSR count). The van der Waals surface area contributed by atoms with Crippen molar-refractivity contribution in [3.05, 3.63) is 54.6 Å². The molecule has 3 heteroatoms. The molecule has 0 atom stereocenters. The Hall–Kier alpha value is -2.26. The molecule has 4 aromatic carbocycles. The second kappa shape index (κ2) is 3.87. The smallest absolute Gasteiger partial charge is 0.537 e. The first kappa shape index (κ1) is 10.6. The summed E-state index contributed by atoms with van der Waals surface area (Å²) >= 11 is 0. The summed E-state index contributed by atoms with van der Waals surface area (Å²) < 4.78 is 5.09. The van der Waals surface area contributed by atoms with Gasteiger partial charge in [0.05, 0.1) is 0 Å². The van der Waals surface area contributed by atoms with Gasteiger partial charge in [-0.1, -0.05) is 42.5 Å². The van der Waals surface area contributed by atoms with Gasteiger partial charge in [-0.15, -0.1) is 0 Å². The van der Waals surface area contributed by atoms with E-state index in [0.29, 0.717) is 13.4 Å². The van der Waals surface area contributed by atoms with Crippen LogP contribution in [0.2, 0.25) is 0 Å². The molecule has 4 aromatic rings. The minimum absolute atomic E-state index is 0.647. The zero-order valence-electron chi connectivity index (χ0n) is 10.1. The highest BCUT2D eigenvalue weighted by molar-refractivity contribution is 6.23. The molecular formula is C16H10BO2. The van der Waals surface area contributed by atoms with E-state index in [0.717, 1.165) is 10.8 Å². The first-order valence-electron chi connectivity index (χ1n) is 6.17. The molecule has 1 N–H and O–H groups in total. The van der Waals surface area contributed by atoms with Crippen LogP contribution in [0.1, 0.15) is 0 Å². The monoisotopic (exact) mass is 245 g/mol. The summed E-state index contributed by atoms with van der Waals surface area (Å²) in [4.78, 5) is 0. The maximum Gasteiger partial charge on any atom is 0.569 e. The summed E-state index contributed by atoms with van der Waals surface area (Å²) in [5.74, 6) is 0.647. The molecule has 0 saturated carbocycles. The summed E-state index contributed by atoms with van der Waals surface area (Å²) in [5, 5.41) is 16.1. The van der Waals surface area contributed by atoms with Crippen LogP contribution >= 0.6 is 0 Å². The van der Waals surface area contributed by atoms with Crippen LogP contribution in [-0.4, -0.2) is 12.7 Å². The first-order chi connectivity index (χ1) is 9.36. The molecule has 0 bridgehead atoms. The first-order valence-corrected chi connectivity index (χ1v) is 6.17. The van der Waals surface area contributed by atoms with E-state index in [2.05, 4.69) is 42.5 Å². The number of hydrogen-bond acceptors (Lipinski definition) is 2. The topological polar surface area (TPSA) is 29.5 Å². The van der Waals surface area contributed by atoms with Gasteiger partial charge < -0.3 is 9.68 Å². The van der Waals surface area contributed by atoms with Crippen molar-refractivity contribution >= 4 is 40.0 Å². The quantitative estimate of drug-likeness (QED) is 0.432. The second-order valence-electron chi connectivity index (χ2n) is 4.68. The molecular weight excluding hydrogens is 235 g/mol. The summed E-state index contributed by atoms with van der Waals surface area (Å²) in [5.41, 5.74) is 0. The van der Waals surface area contributed by atoms with Crippen LogP contribution in [-0.2, 0) is 0 Å². The standard InChI is InChI=1S/C16H10BO2/c18-17-19-14-8-12-6-4-10-2-1-3-11-5-7-13(9-14)16(12)15(10)11/h1-9,18H. The lowest BCUT2D eigenvalue weighted by molar-refractivity contribution is 0.454. The van der Waals surface area contributed by atoms with E-state index in [4.69, 9.17) is 9.68 Å². The van der Waals surface area contributed by atoms with Crippen molar-refractivity contribution in [2.75, 3.05) is 0 Å². The molecule has 2 nitrogen and oxygen atoms in total. The van der Waals surface area contributed by atoms with Gasteiger partial charge in [-0.2, -0.15) is 0 Å². The summed E-state index contributed by atoms with van der Waals surface area (Å²) in [7, 11) is 0.715. The fourth-order valence-corrected chi connectivity index (χ4v) is 2.85. The van der Waals surface area contributed by atoms with Crippen molar-refractivity contribution in [2.45, 2.75) is 0 Å². The zero-order valence-corrected chi connectivity index (χ0v) is 10.1. The van der Waals surface area contributed by atoms with Gasteiger partial charge in [0.1, 0.15) is 5.75 Å². The average Bonchev–Trinajstić information content (AvgIpc) is 2.45. The Balaban J connectivity index is 2.22. The van der Waals surface area contributed by atoms with Crippen molar-refractivity contribution < 1.29 is 9.68 Å². The average molecular weight is 245 g/mol. The van der Waals surface area contributed by atoms with E-state index in [1.807, 2.05) is 12.1 Å². The molecule has 19 heavy (non-hydrogen) atoms. The molecule has 89 valence electrons. The summed E-state index contributed by atoms with van der Waals surface area (Å²) in [6.07, 6.45) is 0. The van der Waals surface area contributed by atoms with Gasteiger partial charge in [-0.25, -0.2) is 0 Å². The minimum Gasteiger partial charge on any atom is -0.537 e. The van der Waals surface area contributed by atoms with Crippen molar-refractivity contribution in [3.8, 4) is 5.75 Å². The van der Waals surface area contributed by atoms with Crippen LogP contribution in [0.3, 0.4) is 0 Å². The number of benzene rings is 4. The zero-order chi connectivity index (χ0) is 12.8. The maximum absolute atomic E-state index is 8.77. The van der Waals surface area contributed by atoms with Crippen LogP contribution in [0.5, 0.6) is 5.75 Å². The third-order valence-electron chi connectivity index (χ3n) is 3.63. The predicted molar refractivity (Wildman–Crippen MR) is 78.7 cm³/mol. The molecule has 0 aliphatic carbocycles. The van der Waals surface area contributed by atoms with E-state index in [-0.39, 0.29) is 0 Å². The molecule has 0 unspecified atom stereocenters. The lowest BCUT2D eigenvalue weighted by atomic mass is 9.94. The fraction of sp³-hybridized carbons (Fsp3) is 0. The third-order valence-corrected chi connectivity index (χ3v) is 3.63. The summed E-state index contributed by atoms with van der Waals surface area (Å²) in [6, 6.07) is 18.7. The Bertz CT molecular complexity index is 822. The Labute approximate surface area is 110 Å². The van der Waals surface area contributed by atoms with Gasteiger partial charge in [0.25, 0.3) is 0 Å². The molecule has 0 spiro atoms. The largest absolute Gasteiger partial charge is 0.569 e. The lowest BCUT2D eigenvalue weighted by Crippen LogP contribution is -1.99. The highest BCUT2D eigenvalue weighted by Crippen LogP contribution is 2.36. The Morgan fingerprint density at radius 1 is 0.737 bits per heavy atom. The van der Waals surface area contributed by atoms with E-state index < -0.39 is 0 Å². The summed E-state index contributed by atoms with van der Waals surface area (Å²) in [6.45, 7) is 0. The third kappa shape index (κ3) is 1.49. The van der Waals surface area contributed by atoms with Crippen molar-refractivity contribution in [2.24, 2.45) is 0 Å². The second-order valence-corrected chi connectivity index (χ2v) is 4.68. The Kier molecular flexibility index (Phi) is 2.17. The van der Waals surface area contributed by atoms with Gasteiger partial charge in [-0.3, -0.25) is 0 Å². The molecule has 0 saturated heterocycles. The minimum atomic E-state index is 0.647. The molecule has 0 heterocycles. The van der Waals surface area contributed by atoms with Crippen LogP contribution in [0.15, 0.2) is 54.6 Å². The Morgan fingerprint density at radius 3 is 1.84 bits per heavy atom. The molecule has 0 fully saturated rings. The van der Waals surface area contributed by atoms with E-state index in [9.17, 15) is 0 Å². The highest BCUT2D eigenvalue weighted by Gasteiger charge is 2.09. The molecule has 0 aliphatic rings. The lowest BCUT2D eigenvalue weighted by Gasteiger charge is -2.12. The number of hydrogen-bond donors (Lipinski definition) is 1. The molecule has 1 radical (unpaired) electrons. The molecule has 0 aromatic heterocycles. The SMILES string of the molecule is O[B]Oc1cc2ccc3cccc4ccc(c1)c2c34. The van der Waals surface area contributed by atoms with Gasteiger partial charge in [0.2, 0.25) is 0 Å². The van der Waals surface area contributed by atoms with Crippen molar-refractivity contribution in [1.82, 2.24) is 0 Å². The molecule has 0 amide bonds. The van der Waals surface area contributed by atoms with Gasteiger partial charge in [0.15, 0.2) is 0 Å². The van der Waals surface area contributed by atoms with Gasteiger partial charge in [-0.05, 0) is 44.5 Å². The van der Waals surface area contributed by atoms with Crippen LogP contribution < -0.4 is 4.65 Å². The Morgan fingerprint density at radius 2 is 1.26 bits per heavy atom. The normalized spacial score (nSPS) is 11.4. The van der Waals surface area contributed by atoms with E-state index >= 15 is 0 Å². The van der Waals surface area contributed by atoms with Crippen molar-refractivity contribution in [1.29, 1.82) is 0 Å². The van der Waals surface area contributed by atoms with Gasteiger partial charge >= 0.3 is 7.69 Å². The van der Waals surface area contributed by atoms with E-state index in [1.54, 1.807) is 0 Å². The predicted octanol–water partition coefficient (Wildman–Crippen LogP) is 3.49. The van der Waals surface area contributed by atoms with Crippen LogP contribution in [0.4, 0.5) is 0 Å².